The smallest absolute Gasteiger partial charge is 0.146 e. The number of hydrogen-bond donors (Lipinski definition) is 1. The minimum Gasteiger partial charge on any atom is -0.382 e. The Morgan fingerprint density at radius 2 is 2.12 bits per heavy atom. The highest BCUT2D eigenvalue weighted by Crippen LogP contribution is 2.35. The molecule has 1 unspecified atom stereocenters. The summed E-state index contributed by atoms with van der Waals surface area (Å²) in [5.41, 5.74) is 1.79. The number of ether oxygens (including phenoxy) is 1. The number of fused-ring (bicyclic) bond motifs is 1. The molecular weight excluding hydrogens is 219 g/mol. The molecule has 0 bridgehead atoms. The second-order valence-corrected chi connectivity index (χ2v) is 4.58. The summed E-state index contributed by atoms with van der Waals surface area (Å²) in [6.07, 6.45) is 1.04. The summed E-state index contributed by atoms with van der Waals surface area (Å²) in [5, 5.41) is 3.17. The largest absolute Gasteiger partial charge is 0.382 e. The van der Waals surface area contributed by atoms with Crippen molar-refractivity contribution in [2.75, 3.05) is 38.2 Å². The standard InChI is InChI=1S/C13H17FN2O/c14-11-3-1-2-10-12(4-5-15-13(10)11)16-6-8-17-9-7-16/h1-3,12,15H,4-9H2. The van der Waals surface area contributed by atoms with Gasteiger partial charge in [0.1, 0.15) is 5.82 Å². The van der Waals surface area contributed by atoms with Gasteiger partial charge in [0.2, 0.25) is 0 Å². The Morgan fingerprint density at radius 3 is 2.94 bits per heavy atom. The van der Waals surface area contributed by atoms with Crippen LogP contribution in [-0.4, -0.2) is 37.7 Å². The molecule has 17 heavy (non-hydrogen) atoms. The van der Waals surface area contributed by atoms with Crippen LogP contribution in [0.3, 0.4) is 0 Å². The lowest BCUT2D eigenvalue weighted by molar-refractivity contribution is 0.0143. The number of anilines is 1. The minimum atomic E-state index is -0.138. The Bertz CT molecular complexity index is 404. The number of para-hydroxylation sites is 1. The summed E-state index contributed by atoms with van der Waals surface area (Å²) in [7, 11) is 0. The van der Waals surface area contributed by atoms with Gasteiger partial charge in [0, 0.05) is 25.7 Å². The molecule has 3 nitrogen and oxygen atoms in total. The van der Waals surface area contributed by atoms with Crippen LogP contribution in [0.5, 0.6) is 0 Å². The molecule has 2 aliphatic rings. The summed E-state index contributed by atoms with van der Waals surface area (Å²) in [6.45, 7) is 4.31. The number of rotatable bonds is 1. The fraction of sp³-hybridized carbons (Fsp3) is 0.538. The van der Waals surface area contributed by atoms with Crippen LogP contribution in [-0.2, 0) is 4.74 Å². The van der Waals surface area contributed by atoms with Gasteiger partial charge < -0.3 is 10.1 Å². The van der Waals surface area contributed by atoms with Gasteiger partial charge in [-0.25, -0.2) is 4.39 Å². The Morgan fingerprint density at radius 1 is 1.29 bits per heavy atom. The highest BCUT2D eigenvalue weighted by atomic mass is 19.1. The lowest BCUT2D eigenvalue weighted by Gasteiger charge is -2.38. The highest BCUT2D eigenvalue weighted by molar-refractivity contribution is 5.55. The molecule has 2 heterocycles. The number of nitrogens with zero attached hydrogens (tertiary/aromatic N) is 1. The molecule has 1 fully saturated rings. The van der Waals surface area contributed by atoms with Crippen LogP contribution in [0.15, 0.2) is 18.2 Å². The van der Waals surface area contributed by atoms with Gasteiger partial charge >= 0.3 is 0 Å². The average molecular weight is 236 g/mol. The normalized spacial score (nSPS) is 25.1. The van der Waals surface area contributed by atoms with Gasteiger partial charge in [0.05, 0.1) is 18.9 Å². The molecule has 0 aromatic heterocycles. The van der Waals surface area contributed by atoms with E-state index in [9.17, 15) is 4.39 Å². The highest BCUT2D eigenvalue weighted by Gasteiger charge is 2.28. The maximum Gasteiger partial charge on any atom is 0.146 e. The van der Waals surface area contributed by atoms with E-state index in [-0.39, 0.29) is 5.82 Å². The van der Waals surface area contributed by atoms with E-state index in [4.69, 9.17) is 4.74 Å². The van der Waals surface area contributed by atoms with Gasteiger partial charge in [0.25, 0.3) is 0 Å². The van der Waals surface area contributed by atoms with Crippen LogP contribution in [0.2, 0.25) is 0 Å². The van der Waals surface area contributed by atoms with Gasteiger partial charge in [0.15, 0.2) is 0 Å². The molecule has 0 radical (unpaired) electrons. The molecular formula is C13H17FN2O. The molecule has 1 atom stereocenters. The van der Waals surface area contributed by atoms with Crippen molar-refractivity contribution in [2.45, 2.75) is 12.5 Å². The molecule has 0 saturated carbocycles. The summed E-state index contributed by atoms with van der Waals surface area (Å²) in [6, 6.07) is 5.69. The lowest BCUT2D eigenvalue weighted by Crippen LogP contribution is -2.41. The second-order valence-electron chi connectivity index (χ2n) is 4.58. The van der Waals surface area contributed by atoms with E-state index < -0.39 is 0 Å². The van der Waals surface area contributed by atoms with Crippen molar-refractivity contribution < 1.29 is 9.13 Å². The second kappa shape index (κ2) is 4.63. The lowest BCUT2D eigenvalue weighted by atomic mass is 9.96. The number of nitrogens with one attached hydrogen (secondary N) is 1. The zero-order valence-electron chi connectivity index (χ0n) is 9.79. The SMILES string of the molecule is Fc1cccc2c1NCCC2N1CCOCC1. The van der Waals surface area contributed by atoms with Crippen molar-refractivity contribution in [1.29, 1.82) is 0 Å². The third-order valence-electron chi connectivity index (χ3n) is 3.61. The first-order valence-corrected chi connectivity index (χ1v) is 6.20. The fourth-order valence-corrected chi connectivity index (χ4v) is 2.76. The van der Waals surface area contributed by atoms with E-state index in [0.717, 1.165) is 44.8 Å². The molecule has 1 aromatic rings. The number of benzene rings is 1. The summed E-state index contributed by atoms with van der Waals surface area (Å²) in [5.74, 6) is -0.138. The minimum absolute atomic E-state index is 0.138. The van der Waals surface area contributed by atoms with E-state index in [1.165, 1.54) is 6.07 Å². The van der Waals surface area contributed by atoms with Crippen molar-refractivity contribution in [3.05, 3.63) is 29.6 Å². The van der Waals surface area contributed by atoms with Gasteiger partial charge in [-0.05, 0) is 18.1 Å². The van der Waals surface area contributed by atoms with Crippen LogP contribution in [0.4, 0.5) is 10.1 Å². The monoisotopic (exact) mass is 236 g/mol. The third-order valence-corrected chi connectivity index (χ3v) is 3.61. The zero-order chi connectivity index (χ0) is 11.7. The molecule has 0 amide bonds. The zero-order valence-corrected chi connectivity index (χ0v) is 9.79. The first-order valence-electron chi connectivity index (χ1n) is 6.20. The maximum absolute atomic E-state index is 13.7. The van der Waals surface area contributed by atoms with Crippen molar-refractivity contribution in [1.82, 2.24) is 4.90 Å². The summed E-state index contributed by atoms with van der Waals surface area (Å²) in [4.78, 5) is 2.41. The summed E-state index contributed by atoms with van der Waals surface area (Å²) >= 11 is 0. The number of hydrogen-bond acceptors (Lipinski definition) is 3. The van der Waals surface area contributed by atoms with Gasteiger partial charge in [-0.15, -0.1) is 0 Å². The first kappa shape index (κ1) is 11.0. The molecule has 0 spiro atoms. The predicted molar refractivity (Wildman–Crippen MR) is 64.6 cm³/mol. The number of morpholine rings is 1. The van der Waals surface area contributed by atoms with Crippen molar-refractivity contribution in [2.24, 2.45) is 0 Å². The molecule has 1 aromatic carbocycles. The van der Waals surface area contributed by atoms with Crippen LogP contribution < -0.4 is 5.32 Å². The van der Waals surface area contributed by atoms with E-state index in [1.807, 2.05) is 6.07 Å². The molecule has 2 aliphatic heterocycles. The van der Waals surface area contributed by atoms with Crippen LogP contribution >= 0.6 is 0 Å². The Balaban J connectivity index is 1.90. The molecule has 0 aliphatic carbocycles. The first-order chi connectivity index (χ1) is 8.36. The van der Waals surface area contributed by atoms with E-state index in [2.05, 4.69) is 10.2 Å². The van der Waals surface area contributed by atoms with Crippen molar-refractivity contribution in [3.63, 3.8) is 0 Å². The molecule has 1 saturated heterocycles. The Labute approximate surface area is 101 Å². The van der Waals surface area contributed by atoms with Gasteiger partial charge in [-0.1, -0.05) is 12.1 Å². The van der Waals surface area contributed by atoms with Crippen LogP contribution in [0.25, 0.3) is 0 Å². The molecule has 92 valence electrons. The fourth-order valence-electron chi connectivity index (χ4n) is 2.76. The van der Waals surface area contributed by atoms with Crippen LogP contribution in [0.1, 0.15) is 18.0 Å². The Kier molecular flexibility index (Phi) is 2.99. The molecule has 4 heteroatoms. The van der Waals surface area contributed by atoms with E-state index >= 15 is 0 Å². The van der Waals surface area contributed by atoms with Crippen LogP contribution in [0, 0.1) is 5.82 Å². The average Bonchev–Trinajstić information content (AvgIpc) is 2.40. The quantitative estimate of drug-likeness (QED) is 0.807. The molecule has 1 N–H and O–H groups in total. The molecule has 3 rings (SSSR count). The predicted octanol–water partition coefficient (Wildman–Crippen LogP) is 2.01. The van der Waals surface area contributed by atoms with Gasteiger partial charge in [-0.3, -0.25) is 4.90 Å². The van der Waals surface area contributed by atoms with Crippen molar-refractivity contribution >= 4 is 5.69 Å². The third kappa shape index (κ3) is 2.03. The van der Waals surface area contributed by atoms with Crippen molar-refractivity contribution in [3.8, 4) is 0 Å². The number of halogens is 1. The Hall–Kier alpha value is -1.13. The van der Waals surface area contributed by atoms with E-state index in [0.29, 0.717) is 11.7 Å². The van der Waals surface area contributed by atoms with Gasteiger partial charge in [-0.2, -0.15) is 0 Å². The summed E-state index contributed by atoms with van der Waals surface area (Å²) < 4.78 is 19.1. The topological polar surface area (TPSA) is 24.5 Å². The van der Waals surface area contributed by atoms with E-state index in [1.54, 1.807) is 6.07 Å². The maximum atomic E-state index is 13.7.